The number of fused-ring (bicyclic) bond motifs is 1. The van der Waals surface area contributed by atoms with Gasteiger partial charge >= 0.3 is 5.97 Å². The van der Waals surface area contributed by atoms with Crippen LogP contribution in [0.2, 0.25) is 0 Å². The molecule has 1 aliphatic carbocycles. The molecule has 120 valence electrons. The number of carbonyl (C=O) groups is 4. The molecule has 1 fully saturated rings. The van der Waals surface area contributed by atoms with Gasteiger partial charge < -0.3 is 10.4 Å². The zero-order chi connectivity index (χ0) is 16.8. The summed E-state index contributed by atoms with van der Waals surface area (Å²) in [4.78, 5) is 48.7. The van der Waals surface area contributed by atoms with Crippen molar-refractivity contribution in [3.05, 3.63) is 33.8 Å². The molecule has 7 nitrogen and oxygen atoms in total. The van der Waals surface area contributed by atoms with Crippen LogP contribution < -0.4 is 5.32 Å². The minimum Gasteiger partial charge on any atom is -0.480 e. The molecule has 1 heterocycles. The Morgan fingerprint density at radius 3 is 2.43 bits per heavy atom. The summed E-state index contributed by atoms with van der Waals surface area (Å²) in [5.41, 5.74) is -0.796. The predicted molar refractivity (Wildman–Crippen MR) is 81.9 cm³/mol. The summed E-state index contributed by atoms with van der Waals surface area (Å²) in [5, 5.41) is 11.6. The highest BCUT2D eigenvalue weighted by molar-refractivity contribution is 9.10. The van der Waals surface area contributed by atoms with E-state index >= 15 is 0 Å². The Morgan fingerprint density at radius 2 is 1.87 bits per heavy atom. The molecule has 1 saturated carbocycles. The van der Waals surface area contributed by atoms with Crippen LogP contribution in [0.3, 0.4) is 0 Å². The Hall–Kier alpha value is -2.22. The third-order valence-electron chi connectivity index (χ3n) is 4.23. The van der Waals surface area contributed by atoms with Gasteiger partial charge in [-0.15, -0.1) is 0 Å². The smallest absolute Gasteiger partial charge is 0.329 e. The minimum absolute atomic E-state index is 0.230. The third-order valence-corrected chi connectivity index (χ3v) is 4.72. The van der Waals surface area contributed by atoms with Gasteiger partial charge in [0.05, 0.1) is 11.1 Å². The fourth-order valence-corrected chi connectivity index (χ4v) is 3.14. The van der Waals surface area contributed by atoms with E-state index in [0.29, 0.717) is 23.7 Å². The predicted octanol–water partition coefficient (Wildman–Crippen LogP) is 1.17. The van der Waals surface area contributed by atoms with Gasteiger partial charge in [-0.25, -0.2) is 4.79 Å². The van der Waals surface area contributed by atoms with Gasteiger partial charge in [-0.2, -0.15) is 0 Å². The fraction of sp³-hybridized carbons (Fsp3) is 0.333. The standard InChI is InChI=1S/C15H13BrN2O5/c16-8-2-3-9-10(6-8)13(21)18(12(9)20)7-11(19)17-15(14(22)23)4-1-5-15/h2-3,6H,1,4-5,7H2,(H,17,19)(H,22,23). The van der Waals surface area contributed by atoms with Crippen molar-refractivity contribution in [1.29, 1.82) is 0 Å². The Morgan fingerprint density at radius 1 is 1.22 bits per heavy atom. The molecule has 2 aliphatic rings. The highest BCUT2D eigenvalue weighted by atomic mass is 79.9. The number of nitrogens with one attached hydrogen (secondary N) is 1. The lowest BCUT2D eigenvalue weighted by molar-refractivity contribution is -0.151. The molecule has 1 aliphatic heterocycles. The second kappa shape index (κ2) is 5.45. The second-order valence-corrected chi connectivity index (χ2v) is 6.59. The van der Waals surface area contributed by atoms with Crippen LogP contribution in [0, 0.1) is 0 Å². The molecule has 0 bridgehead atoms. The molecule has 23 heavy (non-hydrogen) atoms. The lowest BCUT2D eigenvalue weighted by atomic mass is 9.77. The van der Waals surface area contributed by atoms with Gasteiger partial charge in [0.2, 0.25) is 5.91 Å². The lowest BCUT2D eigenvalue weighted by Crippen LogP contribution is -2.60. The first-order valence-corrected chi connectivity index (χ1v) is 7.83. The summed E-state index contributed by atoms with van der Waals surface area (Å²) in [6.45, 7) is -0.487. The van der Waals surface area contributed by atoms with E-state index in [9.17, 15) is 24.3 Å². The van der Waals surface area contributed by atoms with Crippen molar-refractivity contribution in [1.82, 2.24) is 10.2 Å². The number of halogens is 1. The fourth-order valence-electron chi connectivity index (χ4n) is 2.78. The van der Waals surface area contributed by atoms with Crippen molar-refractivity contribution in [2.45, 2.75) is 24.8 Å². The van der Waals surface area contributed by atoms with Gasteiger partial charge in [0.1, 0.15) is 12.1 Å². The van der Waals surface area contributed by atoms with E-state index in [1.165, 1.54) is 12.1 Å². The summed E-state index contributed by atoms with van der Waals surface area (Å²) in [7, 11) is 0. The number of amides is 3. The highest BCUT2D eigenvalue weighted by Gasteiger charge is 2.46. The van der Waals surface area contributed by atoms with E-state index in [4.69, 9.17) is 0 Å². The van der Waals surface area contributed by atoms with Gasteiger partial charge in [0.15, 0.2) is 0 Å². The summed E-state index contributed by atoms with van der Waals surface area (Å²) in [6.07, 6.45) is 1.42. The van der Waals surface area contributed by atoms with Crippen LogP contribution in [0.5, 0.6) is 0 Å². The van der Waals surface area contributed by atoms with E-state index in [1.54, 1.807) is 6.07 Å². The van der Waals surface area contributed by atoms with Crippen LogP contribution in [-0.4, -0.2) is 45.8 Å². The number of carbonyl (C=O) groups excluding carboxylic acids is 3. The largest absolute Gasteiger partial charge is 0.480 e. The summed E-state index contributed by atoms with van der Waals surface area (Å²) < 4.78 is 0.656. The molecule has 8 heteroatoms. The van der Waals surface area contributed by atoms with Gasteiger partial charge in [-0.1, -0.05) is 15.9 Å². The summed E-state index contributed by atoms with van der Waals surface area (Å²) in [6, 6.07) is 4.68. The molecule has 0 atom stereocenters. The van der Waals surface area contributed by atoms with Crippen LogP contribution in [0.25, 0.3) is 0 Å². The number of nitrogens with zero attached hydrogens (tertiary/aromatic N) is 1. The van der Waals surface area contributed by atoms with E-state index < -0.39 is 35.8 Å². The molecule has 2 N–H and O–H groups in total. The molecule has 3 amide bonds. The Labute approximate surface area is 139 Å². The van der Waals surface area contributed by atoms with Gasteiger partial charge in [-0.05, 0) is 37.5 Å². The van der Waals surface area contributed by atoms with Crippen molar-refractivity contribution in [3.8, 4) is 0 Å². The zero-order valence-corrected chi connectivity index (χ0v) is 13.6. The molecule has 1 aromatic rings. The van der Waals surface area contributed by atoms with Crippen molar-refractivity contribution >= 4 is 39.6 Å². The molecule has 0 aromatic heterocycles. The van der Waals surface area contributed by atoms with E-state index in [1.807, 2.05) is 0 Å². The first-order valence-electron chi connectivity index (χ1n) is 7.04. The zero-order valence-electron chi connectivity index (χ0n) is 12.0. The van der Waals surface area contributed by atoms with Crippen LogP contribution >= 0.6 is 15.9 Å². The van der Waals surface area contributed by atoms with E-state index in [-0.39, 0.29) is 11.1 Å². The van der Waals surface area contributed by atoms with E-state index in [2.05, 4.69) is 21.2 Å². The molecule has 3 rings (SSSR count). The quantitative estimate of drug-likeness (QED) is 0.762. The van der Waals surface area contributed by atoms with E-state index in [0.717, 1.165) is 4.90 Å². The Balaban J connectivity index is 1.74. The number of rotatable bonds is 4. The Kier molecular flexibility index (Phi) is 3.71. The molecular formula is C15H13BrN2O5. The van der Waals surface area contributed by atoms with Gasteiger partial charge in [0, 0.05) is 4.47 Å². The number of hydrogen-bond donors (Lipinski definition) is 2. The van der Waals surface area contributed by atoms with Gasteiger partial charge in [0.25, 0.3) is 11.8 Å². The number of hydrogen-bond acceptors (Lipinski definition) is 4. The van der Waals surface area contributed by atoms with Crippen molar-refractivity contribution in [3.63, 3.8) is 0 Å². The minimum atomic E-state index is -1.27. The Bertz CT molecular complexity index is 741. The summed E-state index contributed by atoms with van der Waals surface area (Å²) in [5.74, 6) is -2.85. The topological polar surface area (TPSA) is 104 Å². The summed E-state index contributed by atoms with van der Waals surface area (Å²) >= 11 is 3.23. The molecule has 0 spiro atoms. The molecule has 0 saturated heterocycles. The third kappa shape index (κ3) is 2.52. The first kappa shape index (κ1) is 15.7. The van der Waals surface area contributed by atoms with Crippen LogP contribution in [-0.2, 0) is 9.59 Å². The second-order valence-electron chi connectivity index (χ2n) is 5.68. The van der Waals surface area contributed by atoms with Crippen LogP contribution in [0.4, 0.5) is 0 Å². The number of aliphatic carboxylic acids is 1. The average Bonchev–Trinajstić information content (AvgIpc) is 2.67. The van der Waals surface area contributed by atoms with Crippen LogP contribution in [0.15, 0.2) is 22.7 Å². The van der Waals surface area contributed by atoms with Crippen molar-refractivity contribution < 1.29 is 24.3 Å². The molecule has 1 aromatic carbocycles. The SMILES string of the molecule is O=C(CN1C(=O)c2ccc(Br)cc2C1=O)NC1(C(=O)O)CCC1. The van der Waals surface area contributed by atoms with Crippen LogP contribution in [0.1, 0.15) is 40.0 Å². The highest BCUT2D eigenvalue weighted by Crippen LogP contribution is 2.32. The van der Waals surface area contributed by atoms with Crippen molar-refractivity contribution in [2.75, 3.05) is 6.54 Å². The number of carboxylic acids is 1. The lowest BCUT2D eigenvalue weighted by Gasteiger charge is -2.38. The maximum Gasteiger partial charge on any atom is 0.329 e. The monoisotopic (exact) mass is 380 g/mol. The normalized spacial score (nSPS) is 18.4. The van der Waals surface area contributed by atoms with Gasteiger partial charge in [-0.3, -0.25) is 19.3 Å². The number of imide groups is 1. The molecular weight excluding hydrogens is 368 g/mol. The first-order chi connectivity index (χ1) is 10.8. The maximum absolute atomic E-state index is 12.3. The average molecular weight is 381 g/mol. The maximum atomic E-state index is 12.3. The van der Waals surface area contributed by atoms with Crippen molar-refractivity contribution in [2.24, 2.45) is 0 Å². The molecule has 0 unspecified atom stereocenters. The number of benzene rings is 1. The number of carboxylic acid groups (broad SMARTS) is 1. The molecule has 0 radical (unpaired) electrons.